The Morgan fingerprint density at radius 2 is 1.83 bits per heavy atom. The van der Waals surface area contributed by atoms with Gasteiger partial charge in [-0.1, -0.05) is 18.2 Å². The minimum absolute atomic E-state index is 0.230. The van der Waals surface area contributed by atoms with Crippen molar-refractivity contribution in [2.45, 2.75) is 38.0 Å². The van der Waals surface area contributed by atoms with E-state index in [4.69, 9.17) is 4.74 Å². The number of ether oxygens (including phenoxy) is 1. The molecule has 8 heteroatoms. The summed E-state index contributed by atoms with van der Waals surface area (Å²) in [4.78, 5) is 18.6. The largest absolute Gasteiger partial charge is 0.469 e. The first kappa shape index (κ1) is 23.0. The first-order valence-corrected chi connectivity index (χ1v) is 10.6. The van der Waals surface area contributed by atoms with Crippen LogP contribution in [0.15, 0.2) is 24.3 Å². The lowest BCUT2D eigenvalue weighted by Gasteiger charge is -2.46. The smallest absolute Gasteiger partial charge is 0.416 e. The van der Waals surface area contributed by atoms with E-state index in [-0.39, 0.29) is 18.4 Å². The highest BCUT2D eigenvalue weighted by Crippen LogP contribution is 2.34. The average Bonchev–Trinajstić information content (AvgIpc) is 2.72. The molecule has 0 aliphatic carbocycles. The number of likely N-dealkylation sites (N-methyl/N-ethyl adjacent to an activating group) is 1. The number of nitrogens with zero attached hydrogens (tertiary/aromatic N) is 3. The van der Waals surface area contributed by atoms with E-state index in [1.54, 1.807) is 12.1 Å². The molecule has 5 nitrogen and oxygen atoms in total. The highest BCUT2D eigenvalue weighted by Gasteiger charge is 2.36. The van der Waals surface area contributed by atoms with Crippen molar-refractivity contribution in [3.8, 4) is 0 Å². The third-order valence-electron chi connectivity index (χ3n) is 6.45. The Hall–Kier alpha value is -1.64. The molecule has 1 aromatic carbocycles. The molecule has 0 bridgehead atoms. The lowest BCUT2D eigenvalue weighted by molar-refractivity contribution is -0.141. The van der Waals surface area contributed by atoms with Gasteiger partial charge in [0.05, 0.1) is 12.7 Å². The topological polar surface area (TPSA) is 36.0 Å². The number of hydrogen-bond donors (Lipinski definition) is 0. The van der Waals surface area contributed by atoms with Crippen LogP contribution in [0, 0.1) is 5.92 Å². The fraction of sp³-hybridized carbons (Fsp3) is 0.682. The maximum absolute atomic E-state index is 13.4. The van der Waals surface area contributed by atoms with E-state index < -0.39 is 11.7 Å². The standard InChI is InChI=1S/C22H32F3N3O2/c1-26-11-13-28(14-12-26)20-9-10-27(16-18(20)7-8-21(29)30-2)15-17-5-3-4-6-19(17)22(23,24)25/h3-6,18,20H,7-16H2,1-2H3/t18-,20+/m0/s1. The summed E-state index contributed by atoms with van der Waals surface area (Å²) in [6.45, 7) is 5.75. The normalized spacial score (nSPS) is 24.7. The van der Waals surface area contributed by atoms with Gasteiger partial charge in [-0.3, -0.25) is 14.6 Å². The molecule has 0 amide bonds. The fourth-order valence-electron chi connectivity index (χ4n) is 4.74. The number of benzene rings is 1. The van der Waals surface area contributed by atoms with Crippen LogP contribution in [0.3, 0.4) is 0 Å². The van der Waals surface area contributed by atoms with Crippen LogP contribution in [0.5, 0.6) is 0 Å². The molecule has 0 aromatic heterocycles. The zero-order valence-electron chi connectivity index (χ0n) is 17.8. The summed E-state index contributed by atoms with van der Waals surface area (Å²) >= 11 is 0. The highest BCUT2D eigenvalue weighted by molar-refractivity contribution is 5.69. The van der Waals surface area contributed by atoms with Crippen molar-refractivity contribution in [3.05, 3.63) is 35.4 Å². The van der Waals surface area contributed by atoms with Gasteiger partial charge in [0.25, 0.3) is 0 Å². The molecule has 30 heavy (non-hydrogen) atoms. The van der Waals surface area contributed by atoms with Crippen LogP contribution in [-0.2, 0) is 22.3 Å². The molecule has 0 radical (unpaired) electrons. The molecule has 0 saturated carbocycles. The van der Waals surface area contributed by atoms with Crippen molar-refractivity contribution < 1.29 is 22.7 Å². The van der Waals surface area contributed by atoms with Crippen molar-refractivity contribution in [2.75, 3.05) is 53.4 Å². The van der Waals surface area contributed by atoms with Gasteiger partial charge in [-0.15, -0.1) is 0 Å². The minimum atomic E-state index is -4.35. The van der Waals surface area contributed by atoms with Gasteiger partial charge in [-0.05, 0) is 44.0 Å². The molecule has 1 aromatic rings. The first-order chi connectivity index (χ1) is 14.3. The van der Waals surface area contributed by atoms with E-state index in [0.29, 0.717) is 31.0 Å². The number of piperidine rings is 1. The quantitative estimate of drug-likeness (QED) is 0.652. The summed E-state index contributed by atoms with van der Waals surface area (Å²) in [7, 11) is 3.51. The molecule has 3 rings (SSSR count). The molecule has 2 saturated heterocycles. The average molecular weight is 428 g/mol. The summed E-state index contributed by atoms with van der Waals surface area (Å²) in [5, 5.41) is 0. The second kappa shape index (κ2) is 10.1. The van der Waals surface area contributed by atoms with Crippen molar-refractivity contribution in [1.82, 2.24) is 14.7 Å². The van der Waals surface area contributed by atoms with E-state index in [1.807, 2.05) is 0 Å². The van der Waals surface area contributed by atoms with Gasteiger partial charge in [0.1, 0.15) is 0 Å². The molecule has 0 spiro atoms. The maximum Gasteiger partial charge on any atom is 0.416 e. The lowest BCUT2D eigenvalue weighted by atomic mass is 9.86. The Labute approximate surface area is 176 Å². The number of methoxy groups -OCH3 is 1. The molecule has 2 atom stereocenters. The van der Waals surface area contributed by atoms with Gasteiger partial charge in [0, 0.05) is 51.7 Å². The lowest BCUT2D eigenvalue weighted by Crippen LogP contribution is -2.56. The minimum Gasteiger partial charge on any atom is -0.469 e. The predicted octanol–water partition coefficient (Wildman–Crippen LogP) is 3.10. The van der Waals surface area contributed by atoms with Crippen molar-refractivity contribution >= 4 is 5.97 Å². The molecule has 0 N–H and O–H groups in total. The van der Waals surface area contributed by atoms with E-state index in [9.17, 15) is 18.0 Å². The maximum atomic E-state index is 13.4. The number of alkyl halides is 3. The van der Waals surface area contributed by atoms with Crippen LogP contribution in [0.1, 0.15) is 30.4 Å². The number of piperazine rings is 1. The Morgan fingerprint density at radius 1 is 1.13 bits per heavy atom. The van der Waals surface area contributed by atoms with Crippen LogP contribution in [0.2, 0.25) is 0 Å². The first-order valence-electron chi connectivity index (χ1n) is 10.6. The van der Waals surface area contributed by atoms with Gasteiger partial charge in [0.15, 0.2) is 0 Å². The molecule has 2 fully saturated rings. The summed E-state index contributed by atoms with van der Waals surface area (Å²) in [6, 6.07) is 6.18. The molecular weight excluding hydrogens is 395 g/mol. The Bertz CT molecular complexity index is 705. The van der Waals surface area contributed by atoms with Gasteiger partial charge in [-0.25, -0.2) is 0 Å². The Balaban J connectivity index is 1.70. The van der Waals surface area contributed by atoms with E-state index >= 15 is 0 Å². The van der Waals surface area contributed by atoms with Crippen molar-refractivity contribution in [2.24, 2.45) is 5.92 Å². The third-order valence-corrected chi connectivity index (χ3v) is 6.45. The molecule has 0 unspecified atom stereocenters. The molecular formula is C22H32F3N3O2. The van der Waals surface area contributed by atoms with Crippen LogP contribution in [0.25, 0.3) is 0 Å². The van der Waals surface area contributed by atoms with Gasteiger partial charge >= 0.3 is 12.1 Å². The van der Waals surface area contributed by atoms with Crippen molar-refractivity contribution in [1.29, 1.82) is 0 Å². The molecule has 2 aliphatic heterocycles. The number of hydrogen-bond acceptors (Lipinski definition) is 5. The summed E-state index contributed by atoms with van der Waals surface area (Å²) in [5.74, 6) is 0.00553. The van der Waals surface area contributed by atoms with Gasteiger partial charge in [0.2, 0.25) is 0 Å². The Kier molecular flexibility index (Phi) is 7.76. The number of halogens is 3. The van der Waals surface area contributed by atoms with Gasteiger partial charge in [-0.2, -0.15) is 13.2 Å². The predicted molar refractivity (Wildman–Crippen MR) is 109 cm³/mol. The SMILES string of the molecule is COC(=O)CC[C@H]1CN(Cc2ccccc2C(F)(F)F)CC[C@H]1N1CCN(C)CC1. The van der Waals surface area contributed by atoms with Crippen LogP contribution >= 0.6 is 0 Å². The van der Waals surface area contributed by atoms with E-state index in [2.05, 4.69) is 21.7 Å². The molecule has 2 aliphatic rings. The number of rotatable bonds is 6. The van der Waals surface area contributed by atoms with Gasteiger partial charge < -0.3 is 9.64 Å². The number of carbonyl (C=O) groups excluding carboxylic acids is 1. The van der Waals surface area contributed by atoms with Crippen LogP contribution in [-0.4, -0.2) is 80.1 Å². The Morgan fingerprint density at radius 3 is 2.50 bits per heavy atom. The molecule has 168 valence electrons. The number of esters is 1. The number of likely N-dealkylation sites (tertiary alicyclic amines) is 1. The second-order valence-corrected chi connectivity index (χ2v) is 8.46. The van der Waals surface area contributed by atoms with E-state index in [1.165, 1.54) is 13.2 Å². The van der Waals surface area contributed by atoms with Crippen LogP contribution < -0.4 is 0 Å². The van der Waals surface area contributed by atoms with Crippen LogP contribution in [0.4, 0.5) is 13.2 Å². The third kappa shape index (κ3) is 5.95. The summed E-state index contributed by atoms with van der Waals surface area (Å²) in [5.41, 5.74) is -0.243. The second-order valence-electron chi connectivity index (χ2n) is 8.46. The van der Waals surface area contributed by atoms with Crippen molar-refractivity contribution in [3.63, 3.8) is 0 Å². The zero-order valence-corrected chi connectivity index (χ0v) is 17.8. The highest BCUT2D eigenvalue weighted by atomic mass is 19.4. The number of carbonyl (C=O) groups is 1. The summed E-state index contributed by atoms with van der Waals surface area (Å²) in [6.07, 6.45) is -2.40. The van der Waals surface area contributed by atoms with E-state index in [0.717, 1.165) is 45.2 Å². The monoisotopic (exact) mass is 427 g/mol. The molecule has 2 heterocycles. The summed E-state index contributed by atoms with van der Waals surface area (Å²) < 4.78 is 45.0. The zero-order chi connectivity index (χ0) is 21.7. The fourth-order valence-corrected chi connectivity index (χ4v) is 4.74.